The molecule has 2 N–H and O–H groups in total. The Balaban J connectivity index is 1.65. The zero-order chi connectivity index (χ0) is 33.5. The van der Waals surface area contributed by atoms with Crippen molar-refractivity contribution in [3.63, 3.8) is 0 Å². The fraction of sp³-hybridized carbons (Fsp3) is 0.429. The van der Waals surface area contributed by atoms with E-state index in [0.717, 1.165) is 39.8 Å². The van der Waals surface area contributed by atoms with Crippen molar-refractivity contribution in [3.05, 3.63) is 65.4 Å². The van der Waals surface area contributed by atoms with E-state index in [1.807, 2.05) is 51.2 Å². The van der Waals surface area contributed by atoms with Crippen LogP contribution in [-0.4, -0.2) is 64.0 Å². The van der Waals surface area contributed by atoms with Crippen LogP contribution in [0.4, 0.5) is 16.2 Å². The Labute approximate surface area is 268 Å². The summed E-state index contributed by atoms with van der Waals surface area (Å²) in [7, 11) is 1.33. The van der Waals surface area contributed by atoms with E-state index in [-0.39, 0.29) is 18.9 Å². The van der Waals surface area contributed by atoms with Gasteiger partial charge in [0.25, 0.3) is 5.91 Å². The standard InChI is InChI=1S/C35H40N6O5/c1-20-31(38-32(43)30(16-35(3,4)5)39(6)34(45)46)33(44)40(28-14-11-22(17-36)15-29(28)41(20)21(2)42)19-26-24-9-7-8-10-27(24)37-18-25(26)23-12-13-23/h7-11,14-15,18,20,23,30-31H,12-13,16,19H2,1-6H3,(H,38,43)(H,45,46)/t20-,30-,31-/m0/s1. The molecule has 240 valence electrons. The molecule has 2 aliphatic rings. The molecule has 5 rings (SSSR count). The molecule has 3 aromatic rings. The number of amides is 4. The highest BCUT2D eigenvalue weighted by atomic mass is 16.4. The van der Waals surface area contributed by atoms with Gasteiger partial charge in [0.15, 0.2) is 0 Å². The lowest BCUT2D eigenvalue weighted by atomic mass is 9.87. The number of hydrogen-bond donors (Lipinski definition) is 2. The van der Waals surface area contributed by atoms with Gasteiger partial charge in [-0.1, -0.05) is 39.0 Å². The number of fused-ring (bicyclic) bond motifs is 2. The highest BCUT2D eigenvalue weighted by molar-refractivity contribution is 6.09. The van der Waals surface area contributed by atoms with Gasteiger partial charge in [-0.2, -0.15) is 5.26 Å². The number of hydrogen-bond acceptors (Lipinski definition) is 6. The molecule has 1 aromatic heterocycles. The third kappa shape index (κ3) is 6.38. The van der Waals surface area contributed by atoms with Crippen molar-refractivity contribution in [1.82, 2.24) is 15.2 Å². The van der Waals surface area contributed by atoms with Crippen molar-refractivity contribution in [2.75, 3.05) is 16.8 Å². The zero-order valence-corrected chi connectivity index (χ0v) is 27.1. The van der Waals surface area contributed by atoms with Gasteiger partial charge in [0, 0.05) is 25.6 Å². The Kier molecular flexibility index (Phi) is 8.76. The van der Waals surface area contributed by atoms with Crippen LogP contribution in [0.3, 0.4) is 0 Å². The fourth-order valence-electron chi connectivity index (χ4n) is 6.34. The van der Waals surface area contributed by atoms with Crippen LogP contribution in [0.1, 0.15) is 76.5 Å². The number of carboxylic acid groups (broad SMARTS) is 1. The van der Waals surface area contributed by atoms with Crippen LogP contribution in [0.2, 0.25) is 0 Å². The molecule has 1 saturated carbocycles. The highest BCUT2D eigenvalue weighted by Gasteiger charge is 2.44. The first-order valence-electron chi connectivity index (χ1n) is 15.5. The van der Waals surface area contributed by atoms with E-state index in [2.05, 4.69) is 16.4 Å². The minimum absolute atomic E-state index is 0.137. The van der Waals surface area contributed by atoms with Gasteiger partial charge in [0.1, 0.15) is 12.1 Å². The van der Waals surface area contributed by atoms with Crippen molar-refractivity contribution < 1.29 is 24.3 Å². The second-order valence-corrected chi connectivity index (χ2v) is 13.5. The lowest BCUT2D eigenvalue weighted by Gasteiger charge is -2.35. The summed E-state index contributed by atoms with van der Waals surface area (Å²) >= 11 is 0. The van der Waals surface area contributed by atoms with E-state index in [0.29, 0.717) is 22.9 Å². The summed E-state index contributed by atoms with van der Waals surface area (Å²) in [6.45, 7) is 8.90. The Morgan fingerprint density at radius 2 is 1.85 bits per heavy atom. The summed E-state index contributed by atoms with van der Waals surface area (Å²) in [6.07, 6.45) is 2.84. The van der Waals surface area contributed by atoms with E-state index in [1.165, 1.54) is 18.9 Å². The van der Waals surface area contributed by atoms with Crippen molar-refractivity contribution in [1.29, 1.82) is 5.26 Å². The van der Waals surface area contributed by atoms with Crippen molar-refractivity contribution >= 4 is 46.1 Å². The molecule has 1 aliphatic heterocycles. The average Bonchev–Trinajstić information content (AvgIpc) is 3.85. The topological polar surface area (TPSA) is 147 Å². The van der Waals surface area contributed by atoms with Gasteiger partial charge in [-0.15, -0.1) is 0 Å². The number of rotatable bonds is 7. The number of aromatic nitrogens is 1. The van der Waals surface area contributed by atoms with Crippen LogP contribution >= 0.6 is 0 Å². The molecule has 0 saturated heterocycles. The molecule has 0 unspecified atom stereocenters. The van der Waals surface area contributed by atoms with Gasteiger partial charge >= 0.3 is 6.09 Å². The molecular formula is C35H40N6O5. The fourth-order valence-corrected chi connectivity index (χ4v) is 6.34. The van der Waals surface area contributed by atoms with Crippen molar-refractivity contribution in [2.24, 2.45) is 5.41 Å². The third-order valence-electron chi connectivity index (χ3n) is 8.84. The smallest absolute Gasteiger partial charge is 0.407 e. The van der Waals surface area contributed by atoms with Crippen molar-refractivity contribution in [3.8, 4) is 6.07 Å². The molecule has 4 amide bonds. The summed E-state index contributed by atoms with van der Waals surface area (Å²) in [6, 6.07) is 11.5. The number of nitrogens with zero attached hydrogens (tertiary/aromatic N) is 5. The molecule has 1 aliphatic carbocycles. The first kappa shape index (κ1) is 32.4. The summed E-state index contributed by atoms with van der Waals surface area (Å²) in [5.74, 6) is -1.14. The van der Waals surface area contributed by atoms with Crippen LogP contribution in [0.15, 0.2) is 48.7 Å². The van der Waals surface area contributed by atoms with E-state index < -0.39 is 41.4 Å². The minimum atomic E-state index is -1.27. The van der Waals surface area contributed by atoms with Gasteiger partial charge in [0.05, 0.1) is 41.1 Å². The Morgan fingerprint density at radius 3 is 2.46 bits per heavy atom. The Bertz CT molecular complexity index is 1750. The molecular weight excluding hydrogens is 584 g/mol. The molecule has 2 aromatic carbocycles. The average molecular weight is 625 g/mol. The normalized spacial score (nSPS) is 18.8. The quantitative estimate of drug-likeness (QED) is 0.369. The molecule has 0 radical (unpaired) electrons. The van der Waals surface area contributed by atoms with Gasteiger partial charge in [0.2, 0.25) is 11.8 Å². The predicted molar refractivity (Wildman–Crippen MR) is 174 cm³/mol. The molecule has 0 bridgehead atoms. The van der Waals surface area contributed by atoms with E-state index in [1.54, 1.807) is 30.0 Å². The number of anilines is 2. The predicted octanol–water partition coefficient (Wildman–Crippen LogP) is 5.17. The monoisotopic (exact) mass is 624 g/mol. The van der Waals surface area contributed by atoms with Crippen molar-refractivity contribution in [2.45, 2.75) is 84.5 Å². The molecule has 11 heteroatoms. The Morgan fingerprint density at radius 1 is 1.15 bits per heavy atom. The molecule has 11 nitrogen and oxygen atoms in total. The summed E-state index contributed by atoms with van der Waals surface area (Å²) in [5, 5.41) is 23.3. The molecule has 46 heavy (non-hydrogen) atoms. The number of nitrogens with one attached hydrogen (secondary N) is 1. The number of pyridine rings is 1. The molecule has 0 spiro atoms. The van der Waals surface area contributed by atoms with Gasteiger partial charge in [-0.05, 0) is 72.9 Å². The van der Waals surface area contributed by atoms with Crippen LogP contribution in [0.25, 0.3) is 10.9 Å². The second-order valence-electron chi connectivity index (χ2n) is 13.5. The second kappa shape index (κ2) is 12.4. The number of likely N-dealkylation sites (N-methyl/N-ethyl adjacent to an activating group) is 1. The summed E-state index contributed by atoms with van der Waals surface area (Å²) in [4.78, 5) is 62.6. The van der Waals surface area contributed by atoms with Gasteiger partial charge in [-0.25, -0.2) is 4.79 Å². The maximum Gasteiger partial charge on any atom is 0.407 e. The zero-order valence-electron chi connectivity index (χ0n) is 27.1. The minimum Gasteiger partial charge on any atom is -0.465 e. The third-order valence-corrected chi connectivity index (χ3v) is 8.84. The van der Waals surface area contributed by atoms with Gasteiger partial charge in [-0.3, -0.25) is 24.3 Å². The molecule has 2 heterocycles. The van der Waals surface area contributed by atoms with E-state index in [4.69, 9.17) is 0 Å². The summed E-state index contributed by atoms with van der Waals surface area (Å²) in [5.41, 5.74) is 3.48. The number of carbonyl (C=O) groups excluding carboxylic acids is 3. The lowest BCUT2D eigenvalue weighted by Crippen LogP contribution is -2.60. The van der Waals surface area contributed by atoms with E-state index >= 15 is 0 Å². The first-order valence-corrected chi connectivity index (χ1v) is 15.5. The van der Waals surface area contributed by atoms with Crippen LogP contribution in [0, 0.1) is 16.7 Å². The first-order chi connectivity index (χ1) is 21.7. The molecule has 1 fully saturated rings. The van der Waals surface area contributed by atoms with Gasteiger partial charge < -0.3 is 20.2 Å². The largest absolute Gasteiger partial charge is 0.465 e. The van der Waals surface area contributed by atoms with Crippen LogP contribution in [0.5, 0.6) is 0 Å². The number of nitriles is 1. The summed E-state index contributed by atoms with van der Waals surface area (Å²) < 4.78 is 0. The maximum absolute atomic E-state index is 14.8. The number of carbonyl (C=O) groups is 4. The molecule has 3 atom stereocenters. The highest BCUT2D eigenvalue weighted by Crippen LogP contribution is 2.44. The SMILES string of the molecule is CC(=O)N1c2cc(C#N)ccc2N(Cc2c(C3CC3)cnc3ccccc23)C(=O)[C@@H](NC(=O)[C@H](CC(C)(C)C)N(C)C(=O)O)[C@@H]1C. The van der Waals surface area contributed by atoms with Crippen LogP contribution in [-0.2, 0) is 20.9 Å². The van der Waals surface area contributed by atoms with E-state index in [9.17, 15) is 29.5 Å². The lowest BCUT2D eigenvalue weighted by molar-refractivity contribution is -0.131. The maximum atomic E-state index is 14.8. The van der Waals surface area contributed by atoms with Crippen LogP contribution < -0.4 is 15.1 Å². The Hall–Kier alpha value is -4.98. The number of para-hydroxylation sites is 1. The number of benzene rings is 2.